The maximum Gasteiger partial charge on any atom is 0.119 e. The molecule has 0 amide bonds. The number of fused-ring (bicyclic) bond motifs is 3. The average Bonchev–Trinajstić information content (AvgIpc) is 3.04. The molecule has 1 aliphatic heterocycles. The highest BCUT2D eigenvalue weighted by Crippen LogP contribution is 2.50. The van der Waals surface area contributed by atoms with E-state index in [2.05, 4.69) is 60.8 Å². The predicted molar refractivity (Wildman–Crippen MR) is 90.5 cm³/mol. The summed E-state index contributed by atoms with van der Waals surface area (Å²) in [5.74, 6) is 2.01. The van der Waals surface area contributed by atoms with Crippen molar-refractivity contribution in [3.8, 4) is 5.75 Å². The normalized spacial score (nSPS) is 25.3. The van der Waals surface area contributed by atoms with E-state index in [1.807, 2.05) is 6.07 Å². The molecule has 3 atom stereocenters. The summed E-state index contributed by atoms with van der Waals surface area (Å²) in [7, 11) is 1.73. The molecule has 22 heavy (non-hydrogen) atoms. The first-order chi connectivity index (χ1) is 10.8. The van der Waals surface area contributed by atoms with Gasteiger partial charge in [0.05, 0.1) is 13.2 Å². The molecule has 1 aliphatic carbocycles. The lowest BCUT2D eigenvalue weighted by Crippen LogP contribution is -2.29. The molecule has 2 aliphatic rings. The summed E-state index contributed by atoms with van der Waals surface area (Å²) in [4.78, 5) is 0. The minimum atomic E-state index is 0.376. The van der Waals surface area contributed by atoms with E-state index in [4.69, 9.17) is 4.74 Å². The third-order valence-corrected chi connectivity index (χ3v) is 5.01. The van der Waals surface area contributed by atoms with Crippen molar-refractivity contribution in [2.45, 2.75) is 25.3 Å². The summed E-state index contributed by atoms with van der Waals surface area (Å²) >= 11 is 0. The number of benzene rings is 2. The van der Waals surface area contributed by atoms with E-state index in [-0.39, 0.29) is 0 Å². The van der Waals surface area contributed by atoms with Crippen LogP contribution in [0.15, 0.2) is 54.6 Å². The van der Waals surface area contributed by atoms with Crippen LogP contribution in [-0.2, 0) is 0 Å². The Kier molecular flexibility index (Phi) is 3.18. The zero-order valence-corrected chi connectivity index (χ0v) is 13.0. The Labute approximate surface area is 131 Å². The lowest BCUT2D eigenvalue weighted by atomic mass is 9.77. The molecular formula is C20H21NO. The van der Waals surface area contributed by atoms with Gasteiger partial charge in [0.1, 0.15) is 5.75 Å². The highest BCUT2D eigenvalue weighted by molar-refractivity contribution is 5.61. The molecule has 0 saturated heterocycles. The first kappa shape index (κ1) is 13.4. The molecule has 2 nitrogen and oxygen atoms in total. The first-order valence-electron chi connectivity index (χ1n) is 7.94. The number of hydrogen-bond donors (Lipinski definition) is 1. The van der Waals surface area contributed by atoms with Crippen molar-refractivity contribution in [1.29, 1.82) is 0 Å². The molecule has 0 fully saturated rings. The lowest BCUT2D eigenvalue weighted by Gasteiger charge is -2.37. The minimum Gasteiger partial charge on any atom is -0.497 e. The Balaban J connectivity index is 1.76. The smallest absolute Gasteiger partial charge is 0.119 e. The SMILES string of the molecule is COc1ccc2c(c1)[C@@H]1C=CC[C@@H]1[C@H](c1ccc(C)cc1)N2. The van der Waals surface area contributed by atoms with Crippen LogP contribution in [0.3, 0.4) is 0 Å². The van der Waals surface area contributed by atoms with Crippen LogP contribution in [0.5, 0.6) is 5.75 Å². The fourth-order valence-electron chi connectivity index (χ4n) is 3.80. The van der Waals surface area contributed by atoms with Crippen LogP contribution >= 0.6 is 0 Å². The van der Waals surface area contributed by atoms with E-state index in [1.165, 1.54) is 22.4 Å². The molecule has 2 aromatic carbocycles. The number of methoxy groups -OCH3 is 1. The van der Waals surface area contributed by atoms with Crippen molar-refractivity contribution in [3.05, 3.63) is 71.3 Å². The van der Waals surface area contributed by atoms with Gasteiger partial charge in [-0.3, -0.25) is 0 Å². The second kappa shape index (κ2) is 5.20. The summed E-state index contributed by atoms with van der Waals surface area (Å²) in [5.41, 5.74) is 5.29. The van der Waals surface area contributed by atoms with Crippen molar-refractivity contribution in [3.63, 3.8) is 0 Å². The van der Waals surface area contributed by atoms with Crippen molar-refractivity contribution in [2.75, 3.05) is 12.4 Å². The average molecular weight is 291 g/mol. The van der Waals surface area contributed by atoms with Crippen LogP contribution in [0.1, 0.15) is 35.1 Å². The van der Waals surface area contributed by atoms with Gasteiger partial charge in [0, 0.05) is 11.6 Å². The molecule has 112 valence electrons. The summed E-state index contributed by atoms with van der Waals surface area (Å²) in [6, 6.07) is 15.7. The van der Waals surface area contributed by atoms with Gasteiger partial charge in [-0.2, -0.15) is 0 Å². The van der Waals surface area contributed by atoms with Gasteiger partial charge in [0.25, 0.3) is 0 Å². The second-order valence-electron chi connectivity index (χ2n) is 6.34. The Bertz CT molecular complexity index is 717. The maximum absolute atomic E-state index is 5.40. The third kappa shape index (κ3) is 2.10. The molecule has 0 spiro atoms. The zero-order valence-electron chi connectivity index (χ0n) is 13.0. The Morgan fingerprint density at radius 3 is 2.68 bits per heavy atom. The molecule has 0 radical (unpaired) electrons. The Hall–Kier alpha value is -2.22. The topological polar surface area (TPSA) is 21.3 Å². The third-order valence-electron chi connectivity index (χ3n) is 5.01. The quantitative estimate of drug-likeness (QED) is 0.800. The fourth-order valence-corrected chi connectivity index (χ4v) is 3.80. The number of nitrogens with one attached hydrogen (secondary N) is 1. The Morgan fingerprint density at radius 2 is 1.91 bits per heavy atom. The van der Waals surface area contributed by atoms with Crippen LogP contribution in [0.25, 0.3) is 0 Å². The van der Waals surface area contributed by atoms with Gasteiger partial charge < -0.3 is 10.1 Å². The van der Waals surface area contributed by atoms with E-state index in [1.54, 1.807) is 7.11 Å². The van der Waals surface area contributed by atoms with Crippen molar-refractivity contribution >= 4 is 5.69 Å². The Morgan fingerprint density at radius 1 is 1.09 bits per heavy atom. The standard InChI is InChI=1S/C20H21NO/c1-13-6-8-14(9-7-13)20-17-5-3-4-16(17)18-12-15(22-2)10-11-19(18)21-20/h3-4,6-12,16-17,20-21H,5H2,1-2H3/t16-,17+,20+/m1/s1. The van der Waals surface area contributed by atoms with Gasteiger partial charge in [0.15, 0.2) is 0 Å². The number of hydrogen-bond acceptors (Lipinski definition) is 2. The van der Waals surface area contributed by atoms with Gasteiger partial charge in [-0.05, 0) is 48.6 Å². The maximum atomic E-state index is 5.40. The first-order valence-corrected chi connectivity index (χ1v) is 7.94. The molecular weight excluding hydrogens is 270 g/mol. The highest BCUT2D eigenvalue weighted by atomic mass is 16.5. The van der Waals surface area contributed by atoms with Crippen LogP contribution in [0.2, 0.25) is 0 Å². The summed E-state index contributed by atoms with van der Waals surface area (Å²) in [6.45, 7) is 2.14. The number of ether oxygens (including phenoxy) is 1. The summed E-state index contributed by atoms with van der Waals surface area (Å²) in [6.07, 6.45) is 5.82. The van der Waals surface area contributed by atoms with E-state index >= 15 is 0 Å². The van der Waals surface area contributed by atoms with Crippen molar-refractivity contribution < 1.29 is 4.74 Å². The molecule has 0 aromatic heterocycles. The summed E-state index contributed by atoms with van der Waals surface area (Å²) < 4.78 is 5.40. The molecule has 2 aromatic rings. The summed E-state index contributed by atoms with van der Waals surface area (Å²) in [5, 5.41) is 3.76. The number of anilines is 1. The highest BCUT2D eigenvalue weighted by Gasteiger charge is 2.37. The molecule has 4 rings (SSSR count). The van der Waals surface area contributed by atoms with Gasteiger partial charge in [-0.1, -0.05) is 42.0 Å². The van der Waals surface area contributed by atoms with E-state index < -0.39 is 0 Å². The number of rotatable bonds is 2. The number of aryl methyl sites for hydroxylation is 1. The van der Waals surface area contributed by atoms with Crippen molar-refractivity contribution in [1.82, 2.24) is 0 Å². The molecule has 1 heterocycles. The van der Waals surface area contributed by atoms with Crippen LogP contribution in [-0.4, -0.2) is 7.11 Å². The van der Waals surface area contributed by atoms with Gasteiger partial charge in [-0.15, -0.1) is 0 Å². The van der Waals surface area contributed by atoms with Crippen LogP contribution < -0.4 is 10.1 Å². The molecule has 2 heteroatoms. The van der Waals surface area contributed by atoms with Crippen molar-refractivity contribution in [2.24, 2.45) is 5.92 Å². The molecule has 0 bridgehead atoms. The van der Waals surface area contributed by atoms with Crippen LogP contribution in [0, 0.1) is 12.8 Å². The lowest BCUT2D eigenvalue weighted by molar-refractivity contribution is 0.405. The predicted octanol–water partition coefficient (Wildman–Crippen LogP) is 4.83. The minimum absolute atomic E-state index is 0.376. The van der Waals surface area contributed by atoms with E-state index in [0.29, 0.717) is 17.9 Å². The largest absolute Gasteiger partial charge is 0.497 e. The van der Waals surface area contributed by atoms with Gasteiger partial charge in [-0.25, -0.2) is 0 Å². The fraction of sp³-hybridized carbons (Fsp3) is 0.300. The van der Waals surface area contributed by atoms with Crippen LogP contribution in [0.4, 0.5) is 5.69 Å². The molecule has 0 unspecified atom stereocenters. The van der Waals surface area contributed by atoms with Gasteiger partial charge >= 0.3 is 0 Å². The zero-order chi connectivity index (χ0) is 15.1. The second-order valence-corrected chi connectivity index (χ2v) is 6.34. The van der Waals surface area contributed by atoms with Gasteiger partial charge in [0.2, 0.25) is 0 Å². The number of allylic oxidation sites excluding steroid dienone is 2. The molecule has 1 N–H and O–H groups in total. The van der Waals surface area contributed by atoms with E-state index in [0.717, 1.165) is 12.2 Å². The van der Waals surface area contributed by atoms with E-state index in [9.17, 15) is 0 Å². The monoisotopic (exact) mass is 291 g/mol. The molecule has 0 saturated carbocycles.